The van der Waals surface area contributed by atoms with Crippen LogP contribution >= 0.6 is 0 Å². The number of aliphatic carboxylic acids is 1. The van der Waals surface area contributed by atoms with Gasteiger partial charge >= 0.3 is 5.97 Å². The van der Waals surface area contributed by atoms with E-state index in [0.717, 1.165) is 23.3 Å². The lowest BCUT2D eigenvalue weighted by molar-refractivity contribution is -0.142. The SMILES string of the molecule is Cc1cccc2c1OCCC2C(C)C(=O)O. The molecule has 3 nitrogen and oxygen atoms in total. The summed E-state index contributed by atoms with van der Waals surface area (Å²) in [5.74, 6) is -0.142. The van der Waals surface area contributed by atoms with Gasteiger partial charge in [-0.3, -0.25) is 4.79 Å². The first-order valence-electron chi connectivity index (χ1n) is 5.56. The molecule has 0 spiro atoms. The molecule has 0 amide bonds. The highest BCUT2D eigenvalue weighted by atomic mass is 16.5. The molecule has 1 aromatic carbocycles. The molecular weight excluding hydrogens is 204 g/mol. The zero-order chi connectivity index (χ0) is 11.7. The van der Waals surface area contributed by atoms with Crippen molar-refractivity contribution in [1.29, 1.82) is 0 Å². The molecule has 2 unspecified atom stereocenters. The molecule has 3 heteroatoms. The van der Waals surface area contributed by atoms with Gasteiger partial charge in [-0.25, -0.2) is 0 Å². The van der Waals surface area contributed by atoms with Gasteiger partial charge in [0.1, 0.15) is 5.75 Å². The fourth-order valence-electron chi connectivity index (χ4n) is 2.30. The van der Waals surface area contributed by atoms with Crippen molar-refractivity contribution < 1.29 is 14.6 Å². The zero-order valence-corrected chi connectivity index (χ0v) is 9.56. The maximum absolute atomic E-state index is 11.1. The van der Waals surface area contributed by atoms with E-state index in [1.54, 1.807) is 6.92 Å². The number of aryl methyl sites for hydroxylation is 1. The molecule has 0 aliphatic carbocycles. The summed E-state index contributed by atoms with van der Waals surface area (Å²) in [5.41, 5.74) is 2.13. The summed E-state index contributed by atoms with van der Waals surface area (Å²) < 4.78 is 5.62. The fraction of sp³-hybridized carbons (Fsp3) is 0.462. The van der Waals surface area contributed by atoms with Crippen LogP contribution < -0.4 is 4.74 Å². The van der Waals surface area contributed by atoms with Gasteiger partial charge in [-0.05, 0) is 24.5 Å². The minimum atomic E-state index is -0.737. The Morgan fingerprint density at radius 3 is 3.00 bits per heavy atom. The van der Waals surface area contributed by atoms with Crippen LogP contribution in [0.4, 0.5) is 0 Å². The first-order chi connectivity index (χ1) is 7.61. The van der Waals surface area contributed by atoms with Gasteiger partial charge in [0.05, 0.1) is 12.5 Å². The van der Waals surface area contributed by atoms with E-state index in [1.165, 1.54) is 0 Å². The molecule has 2 rings (SSSR count). The minimum absolute atomic E-state index is 0.0705. The van der Waals surface area contributed by atoms with Crippen LogP contribution in [0, 0.1) is 12.8 Å². The Bertz CT molecular complexity index is 412. The number of rotatable bonds is 2. The van der Waals surface area contributed by atoms with Crippen molar-refractivity contribution in [1.82, 2.24) is 0 Å². The van der Waals surface area contributed by atoms with Crippen LogP contribution in [0.1, 0.15) is 30.4 Å². The van der Waals surface area contributed by atoms with E-state index in [4.69, 9.17) is 9.84 Å². The first-order valence-corrected chi connectivity index (χ1v) is 5.56. The number of hydrogen-bond donors (Lipinski definition) is 1. The molecule has 1 aliphatic rings. The van der Waals surface area contributed by atoms with Crippen molar-refractivity contribution in [3.63, 3.8) is 0 Å². The smallest absolute Gasteiger partial charge is 0.306 e. The number of hydrogen-bond acceptors (Lipinski definition) is 2. The van der Waals surface area contributed by atoms with E-state index < -0.39 is 5.97 Å². The van der Waals surface area contributed by atoms with Crippen molar-refractivity contribution >= 4 is 5.97 Å². The second kappa shape index (κ2) is 4.16. The molecule has 0 saturated carbocycles. The van der Waals surface area contributed by atoms with Gasteiger partial charge < -0.3 is 9.84 Å². The molecule has 0 saturated heterocycles. The summed E-state index contributed by atoms with van der Waals surface area (Å²) in [6.07, 6.45) is 0.782. The average molecular weight is 220 g/mol. The highest BCUT2D eigenvalue weighted by Crippen LogP contribution is 2.39. The largest absolute Gasteiger partial charge is 0.493 e. The van der Waals surface area contributed by atoms with E-state index in [0.29, 0.717) is 6.61 Å². The summed E-state index contributed by atoms with van der Waals surface area (Å²) in [6, 6.07) is 5.93. The summed E-state index contributed by atoms with van der Waals surface area (Å²) in [7, 11) is 0. The minimum Gasteiger partial charge on any atom is -0.493 e. The van der Waals surface area contributed by atoms with Gasteiger partial charge in [0.25, 0.3) is 0 Å². The van der Waals surface area contributed by atoms with Crippen molar-refractivity contribution in [2.75, 3.05) is 6.61 Å². The molecule has 2 atom stereocenters. The molecule has 1 aliphatic heterocycles. The average Bonchev–Trinajstić information content (AvgIpc) is 2.28. The van der Waals surface area contributed by atoms with Crippen molar-refractivity contribution in [2.45, 2.75) is 26.2 Å². The lowest BCUT2D eigenvalue weighted by Crippen LogP contribution is -2.25. The second-order valence-electron chi connectivity index (χ2n) is 4.36. The van der Waals surface area contributed by atoms with Gasteiger partial charge in [0.2, 0.25) is 0 Å². The predicted octanol–water partition coefficient (Wildman–Crippen LogP) is 2.58. The Kier molecular flexibility index (Phi) is 2.86. The standard InChI is InChI=1S/C13H16O3/c1-8-4-3-5-11-10(9(2)13(14)15)6-7-16-12(8)11/h3-5,9-10H,6-7H2,1-2H3,(H,14,15). The number of ether oxygens (including phenoxy) is 1. The van der Waals surface area contributed by atoms with Gasteiger partial charge in [0, 0.05) is 5.92 Å². The summed E-state index contributed by atoms with van der Waals surface area (Å²) in [5, 5.41) is 9.09. The lowest BCUT2D eigenvalue weighted by Gasteiger charge is -2.29. The highest BCUT2D eigenvalue weighted by Gasteiger charge is 2.30. The Hall–Kier alpha value is -1.51. The van der Waals surface area contributed by atoms with Crippen LogP contribution in [0.15, 0.2) is 18.2 Å². The second-order valence-corrected chi connectivity index (χ2v) is 4.36. The van der Waals surface area contributed by atoms with Crippen LogP contribution in [-0.2, 0) is 4.79 Å². The topological polar surface area (TPSA) is 46.5 Å². The third-order valence-corrected chi connectivity index (χ3v) is 3.31. The molecule has 0 fully saturated rings. The van der Waals surface area contributed by atoms with Gasteiger partial charge in [-0.15, -0.1) is 0 Å². The molecule has 0 radical (unpaired) electrons. The van der Waals surface area contributed by atoms with Crippen molar-refractivity contribution in [3.8, 4) is 5.75 Å². The quantitative estimate of drug-likeness (QED) is 0.833. The van der Waals surface area contributed by atoms with E-state index in [9.17, 15) is 4.79 Å². The third-order valence-electron chi connectivity index (χ3n) is 3.31. The van der Waals surface area contributed by atoms with E-state index in [-0.39, 0.29) is 11.8 Å². The molecule has 1 heterocycles. The number of para-hydroxylation sites is 1. The lowest BCUT2D eigenvalue weighted by atomic mass is 9.82. The van der Waals surface area contributed by atoms with E-state index in [2.05, 4.69) is 0 Å². The van der Waals surface area contributed by atoms with Crippen LogP contribution in [0.25, 0.3) is 0 Å². The molecule has 1 aromatic rings. The third kappa shape index (κ3) is 1.77. The highest BCUT2D eigenvalue weighted by molar-refractivity contribution is 5.71. The molecule has 0 bridgehead atoms. The molecular formula is C13H16O3. The zero-order valence-electron chi connectivity index (χ0n) is 9.56. The Morgan fingerprint density at radius 2 is 2.31 bits per heavy atom. The maximum Gasteiger partial charge on any atom is 0.306 e. The monoisotopic (exact) mass is 220 g/mol. The van der Waals surface area contributed by atoms with Crippen molar-refractivity contribution in [3.05, 3.63) is 29.3 Å². The van der Waals surface area contributed by atoms with Crippen LogP contribution in [0.5, 0.6) is 5.75 Å². The maximum atomic E-state index is 11.1. The van der Waals surface area contributed by atoms with Gasteiger partial charge in [-0.2, -0.15) is 0 Å². The Morgan fingerprint density at radius 1 is 1.56 bits per heavy atom. The molecule has 86 valence electrons. The number of fused-ring (bicyclic) bond motifs is 1. The number of benzene rings is 1. The van der Waals surface area contributed by atoms with E-state index >= 15 is 0 Å². The number of carboxylic acids is 1. The van der Waals surface area contributed by atoms with Gasteiger partial charge in [0.15, 0.2) is 0 Å². The normalized spacial score (nSPS) is 20.8. The van der Waals surface area contributed by atoms with Gasteiger partial charge in [-0.1, -0.05) is 25.1 Å². The Labute approximate surface area is 95.0 Å². The van der Waals surface area contributed by atoms with Crippen LogP contribution in [-0.4, -0.2) is 17.7 Å². The summed E-state index contributed by atoms with van der Waals surface area (Å²) in [6.45, 7) is 4.37. The molecule has 1 N–H and O–H groups in total. The predicted molar refractivity (Wildman–Crippen MR) is 60.8 cm³/mol. The number of carbonyl (C=O) groups is 1. The van der Waals surface area contributed by atoms with Crippen LogP contribution in [0.3, 0.4) is 0 Å². The molecule has 0 aromatic heterocycles. The summed E-state index contributed by atoms with van der Waals surface area (Å²) in [4.78, 5) is 11.1. The first kappa shape index (κ1) is 11.0. The van der Waals surface area contributed by atoms with E-state index in [1.807, 2.05) is 25.1 Å². The fourth-order valence-corrected chi connectivity index (χ4v) is 2.30. The molecule has 16 heavy (non-hydrogen) atoms. The summed E-state index contributed by atoms with van der Waals surface area (Å²) >= 11 is 0. The van der Waals surface area contributed by atoms with Crippen molar-refractivity contribution in [2.24, 2.45) is 5.92 Å². The van der Waals surface area contributed by atoms with Crippen LogP contribution in [0.2, 0.25) is 0 Å². The number of carboxylic acid groups (broad SMARTS) is 1. The Balaban J connectivity index is 2.40.